The number of H-pyrrole nitrogens is 1. The van der Waals surface area contributed by atoms with Crippen LogP contribution in [0, 0.1) is 11.3 Å². The average Bonchev–Trinajstić information content (AvgIpc) is 3.75. The van der Waals surface area contributed by atoms with E-state index in [2.05, 4.69) is 47.5 Å². The van der Waals surface area contributed by atoms with E-state index in [0.29, 0.717) is 6.42 Å². The lowest BCUT2D eigenvalue weighted by Crippen LogP contribution is -2.61. The van der Waals surface area contributed by atoms with Gasteiger partial charge in [0, 0.05) is 56.4 Å². The molecule has 1 aliphatic carbocycles. The summed E-state index contributed by atoms with van der Waals surface area (Å²) < 4.78 is 0. The van der Waals surface area contributed by atoms with Gasteiger partial charge in [-0.25, -0.2) is 0 Å². The number of carbonyl (C=O) groups excluding carboxylic acids is 7. The van der Waals surface area contributed by atoms with E-state index in [9.17, 15) is 33.6 Å². The van der Waals surface area contributed by atoms with E-state index >= 15 is 0 Å². The van der Waals surface area contributed by atoms with E-state index in [-0.39, 0.29) is 69.9 Å². The van der Waals surface area contributed by atoms with Gasteiger partial charge in [-0.3, -0.25) is 39.0 Å². The summed E-state index contributed by atoms with van der Waals surface area (Å²) in [6, 6.07) is 18.9. The minimum absolute atomic E-state index is 0.00855. The third kappa shape index (κ3) is 15.9. The largest absolute Gasteiger partial charge is 0.370 e. The van der Waals surface area contributed by atoms with Crippen LogP contribution < -0.4 is 48.3 Å². The van der Waals surface area contributed by atoms with Crippen molar-refractivity contribution in [3.8, 4) is 0 Å². The van der Waals surface area contributed by atoms with Crippen molar-refractivity contribution in [1.82, 2.24) is 47.5 Å². The van der Waals surface area contributed by atoms with E-state index in [0.717, 1.165) is 59.7 Å². The third-order valence-electron chi connectivity index (χ3n) is 12.8. The normalized spacial score (nSPS) is 21.8. The number of aromatic nitrogens is 1. The second-order valence-corrected chi connectivity index (χ2v) is 18.2. The van der Waals surface area contributed by atoms with Gasteiger partial charge in [0.15, 0.2) is 5.96 Å². The Balaban J connectivity index is 1.35. The van der Waals surface area contributed by atoms with Gasteiger partial charge < -0.3 is 53.3 Å². The number of nitrogens with two attached hydrogens (primary N) is 1. The molecule has 2 fully saturated rings. The molecule has 0 spiro atoms. The maximum absolute atomic E-state index is 14.8. The highest BCUT2D eigenvalue weighted by Crippen LogP contribution is 2.28. The molecule has 2 heterocycles. The van der Waals surface area contributed by atoms with E-state index in [1.807, 2.05) is 84.9 Å². The van der Waals surface area contributed by atoms with Crippen molar-refractivity contribution in [3.63, 3.8) is 0 Å². The highest BCUT2D eigenvalue weighted by atomic mass is 16.2. The number of carbonyl (C=O) groups is 7. The maximum Gasteiger partial charge on any atom is 0.243 e. The molecule has 0 unspecified atom stereocenters. The van der Waals surface area contributed by atoms with E-state index in [4.69, 9.17) is 11.1 Å². The van der Waals surface area contributed by atoms with Gasteiger partial charge in [0.05, 0.1) is 0 Å². The van der Waals surface area contributed by atoms with Crippen LogP contribution in [-0.4, -0.2) is 102 Å². The molecule has 6 rings (SSSR count). The Labute approximate surface area is 402 Å². The Morgan fingerprint density at radius 3 is 2.00 bits per heavy atom. The van der Waals surface area contributed by atoms with Crippen LogP contribution in [0.1, 0.15) is 87.8 Å². The lowest BCUT2D eigenvalue weighted by atomic mass is 9.84. The summed E-state index contributed by atoms with van der Waals surface area (Å²) in [4.78, 5) is 102. The van der Waals surface area contributed by atoms with Gasteiger partial charge in [0.2, 0.25) is 41.4 Å². The van der Waals surface area contributed by atoms with Crippen LogP contribution in [-0.2, 0) is 52.8 Å². The Morgan fingerprint density at radius 1 is 0.696 bits per heavy atom. The van der Waals surface area contributed by atoms with E-state index in [1.165, 1.54) is 6.92 Å². The van der Waals surface area contributed by atoms with Gasteiger partial charge in [0.25, 0.3) is 0 Å². The molecule has 1 saturated carbocycles. The van der Waals surface area contributed by atoms with Crippen LogP contribution in [0.4, 0.5) is 0 Å². The van der Waals surface area contributed by atoms with E-state index < -0.39 is 77.6 Å². The van der Waals surface area contributed by atoms with Crippen molar-refractivity contribution in [2.24, 2.45) is 11.7 Å². The number of benzene rings is 3. The molecule has 4 aromatic rings. The first-order chi connectivity index (χ1) is 33.3. The van der Waals surface area contributed by atoms with Gasteiger partial charge in [-0.15, -0.1) is 0 Å². The number of para-hydroxylation sites is 1. The second kappa shape index (κ2) is 25.8. The van der Waals surface area contributed by atoms with Crippen LogP contribution in [0.15, 0.2) is 91.1 Å². The summed E-state index contributed by atoms with van der Waals surface area (Å²) in [5.41, 5.74) is 8.61. The SMILES string of the molecule is CC(=O)N[C@@H](Cc1ccccc1)C(=O)N[C@H]1CCCNC(=O)[C@H](CCCNC(=N)N)NC(=O)[C@H](Cc2c[nH]c3ccccc23)NC(=O)[C@@H](CC2CCCCC2)NC(=O)[C@@H](Cc2ccccc2)NC1=O. The number of hydrogen-bond acceptors (Lipinski definition) is 8. The quantitative estimate of drug-likeness (QED) is 0.0473. The summed E-state index contributed by atoms with van der Waals surface area (Å²) in [6.45, 7) is 1.58. The lowest BCUT2D eigenvalue weighted by Gasteiger charge is -2.30. The monoisotopic (exact) mass is 946 g/mol. The van der Waals surface area contributed by atoms with Gasteiger partial charge in [-0.05, 0) is 60.8 Å². The van der Waals surface area contributed by atoms with Crippen molar-refractivity contribution >= 4 is 58.2 Å². The summed E-state index contributed by atoms with van der Waals surface area (Å²) in [5, 5.41) is 31.2. The molecule has 18 nitrogen and oxygen atoms in total. The summed E-state index contributed by atoms with van der Waals surface area (Å²) in [7, 11) is 0. The number of fused-ring (bicyclic) bond motifs is 1. The van der Waals surface area contributed by atoms with Gasteiger partial charge in [-0.1, -0.05) is 111 Å². The molecule has 1 aliphatic heterocycles. The fourth-order valence-electron chi connectivity index (χ4n) is 9.15. The van der Waals surface area contributed by atoms with Crippen LogP contribution in [0.3, 0.4) is 0 Å². The Bertz CT molecular complexity index is 2390. The maximum atomic E-state index is 14.8. The summed E-state index contributed by atoms with van der Waals surface area (Å²) in [5.74, 6) is -4.26. The Hall–Kier alpha value is -7.24. The molecule has 18 heteroatoms. The number of amides is 7. The van der Waals surface area contributed by atoms with Crippen LogP contribution in [0.5, 0.6) is 0 Å². The first-order valence-electron chi connectivity index (χ1n) is 24.1. The molecule has 12 N–H and O–H groups in total. The van der Waals surface area contributed by atoms with Crippen LogP contribution in [0.25, 0.3) is 10.9 Å². The highest BCUT2D eigenvalue weighted by Gasteiger charge is 2.35. The van der Waals surface area contributed by atoms with Crippen molar-refractivity contribution in [1.29, 1.82) is 5.41 Å². The number of guanidine groups is 1. The smallest absolute Gasteiger partial charge is 0.243 e. The van der Waals surface area contributed by atoms with Gasteiger partial charge in [0.1, 0.15) is 36.3 Å². The molecular weight excluding hydrogens is 879 g/mol. The Kier molecular flexibility index (Phi) is 19.1. The molecule has 7 amide bonds. The zero-order valence-electron chi connectivity index (χ0n) is 39.2. The molecule has 2 aliphatic rings. The number of aromatic amines is 1. The zero-order valence-corrected chi connectivity index (χ0v) is 39.2. The minimum atomic E-state index is -1.23. The van der Waals surface area contributed by atoms with Gasteiger partial charge in [-0.2, -0.15) is 0 Å². The molecule has 1 aromatic heterocycles. The standard InChI is InChI=1S/C51H67N11O7/c1-32(63)57-41(27-33-15-5-2-6-16-33)47(66)59-40-24-13-25-54-45(64)39(23-14-26-55-51(52)53)58-50(69)44(30-36-31-56-38-22-12-11-21-37(36)38)62-49(68)43(29-35-19-9-4-10-20-35)61-48(67)42(60-46(40)65)28-34-17-7-3-8-18-34/h2-3,5-8,11-12,15-18,21-22,31,35,39-44,56H,4,9-10,13-14,19-20,23-30H2,1H3,(H,54,64)(H,57,63)(H,58,69)(H,59,66)(H,60,65)(H,61,67)(H,62,68)(H4,52,53,55)/t39-,40-,41-,42+,43+,44-/m0/s1. The second-order valence-electron chi connectivity index (χ2n) is 18.2. The number of nitrogens with one attached hydrogen (secondary N) is 10. The van der Waals surface area contributed by atoms with Crippen LogP contribution >= 0.6 is 0 Å². The van der Waals surface area contributed by atoms with Crippen molar-refractivity contribution in [2.75, 3.05) is 13.1 Å². The molecule has 368 valence electrons. The van der Waals surface area contributed by atoms with E-state index in [1.54, 1.807) is 6.20 Å². The first-order valence-corrected chi connectivity index (χ1v) is 24.1. The average molecular weight is 946 g/mol. The zero-order chi connectivity index (χ0) is 49.1. The Morgan fingerprint density at radius 2 is 1.30 bits per heavy atom. The minimum Gasteiger partial charge on any atom is -0.370 e. The fraction of sp³-hybridized carbons (Fsp3) is 0.451. The van der Waals surface area contributed by atoms with Crippen LogP contribution in [0.2, 0.25) is 0 Å². The van der Waals surface area contributed by atoms with Crippen molar-refractivity contribution in [3.05, 3.63) is 108 Å². The molecule has 6 atom stereocenters. The lowest BCUT2D eigenvalue weighted by molar-refractivity contribution is -0.136. The topological polar surface area (TPSA) is 281 Å². The fourth-order valence-corrected chi connectivity index (χ4v) is 9.15. The number of rotatable bonds is 15. The van der Waals surface area contributed by atoms with Gasteiger partial charge >= 0.3 is 0 Å². The molecule has 3 aromatic carbocycles. The molecule has 69 heavy (non-hydrogen) atoms. The predicted octanol–water partition coefficient (Wildman–Crippen LogP) is 2.27. The highest BCUT2D eigenvalue weighted by molar-refractivity contribution is 5.97. The van der Waals surface area contributed by atoms with Crippen molar-refractivity contribution < 1.29 is 33.6 Å². The molecule has 0 radical (unpaired) electrons. The first kappa shape index (κ1) is 51.2. The summed E-state index contributed by atoms with van der Waals surface area (Å²) in [6.07, 6.45) is 7.67. The molecule has 0 bridgehead atoms. The molecule has 1 saturated heterocycles. The predicted molar refractivity (Wildman–Crippen MR) is 262 cm³/mol. The molecular formula is C51H67N11O7. The number of hydrogen-bond donors (Lipinski definition) is 11. The van der Waals surface area contributed by atoms with Crippen molar-refractivity contribution in [2.45, 2.75) is 127 Å². The third-order valence-corrected chi connectivity index (χ3v) is 12.8. The summed E-state index contributed by atoms with van der Waals surface area (Å²) >= 11 is 0.